The number of hydrogen-bond acceptors (Lipinski definition) is 9. The number of aromatic nitrogens is 2. The van der Waals surface area contributed by atoms with E-state index in [1.54, 1.807) is 23.2 Å². The zero-order valence-electron chi connectivity index (χ0n) is 23.7. The van der Waals surface area contributed by atoms with E-state index in [1.807, 2.05) is 44.7 Å². The highest BCUT2D eigenvalue weighted by molar-refractivity contribution is 6.34. The van der Waals surface area contributed by atoms with Crippen molar-refractivity contribution in [3.8, 4) is 5.75 Å². The Bertz CT molecular complexity index is 1550. The number of nitrogens with one attached hydrogen (secondary N) is 1. The number of phenols is 1. The van der Waals surface area contributed by atoms with Gasteiger partial charge in [-0.15, -0.1) is 0 Å². The lowest BCUT2D eigenvalue weighted by atomic mass is 10.1. The Morgan fingerprint density at radius 1 is 1.12 bits per heavy atom. The summed E-state index contributed by atoms with van der Waals surface area (Å²) in [6.07, 6.45) is -0.967. The van der Waals surface area contributed by atoms with Gasteiger partial charge in [0.15, 0.2) is 5.82 Å². The Hall–Kier alpha value is -3.61. The number of aromatic hydroxyl groups is 1. The zero-order chi connectivity index (χ0) is 29.3. The Morgan fingerprint density at radius 2 is 1.85 bits per heavy atom. The fraction of sp³-hybridized carbons (Fsp3) is 0.464. The molecule has 6 rings (SSSR count). The van der Waals surface area contributed by atoms with Crippen molar-refractivity contribution in [1.82, 2.24) is 25.2 Å². The highest BCUT2D eigenvalue weighted by Crippen LogP contribution is 2.45. The van der Waals surface area contributed by atoms with Crippen LogP contribution in [0.15, 0.2) is 18.2 Å². The summed E-state index contributed by atoms with van der Waals surface area (Å²) in [4.78, 5) is 29.1. The van der Waals surface area contributed by atoms with Gasteiger partial charge in [0.05, 0.1) is 10.7 Å². The largest absolute Gasteiger partial charge is 0.508 e. The Kier molecular flexibility index (Phi) is 6.74. The van der Waals surface area contributed by atoms with Crippen molar-refractivity contribution in [1.29, 1.82) is 0 Å². The molecule has 3 aliphatic heterocycles. The molecule has 2 atom stereocenters. The summed E-state index contributed by atoms with van der Waals surface area (Å²) in [6, 6.07) is 4.93. The minimum atomic E-state index is -0.967. The molecular formula is C28H34ClFN8O3. The molecule has 1 aromatic heterocycles. The van der Waals surface area contributed by atoms with Crippen LogP contribution in [0.3, 0.4) is 0 Å². The van der Waals surface area contributed by atoms with Crippen LogP contribution in [0.2, 0.25) is 5.02 Å². The lowest BCUT2D eigenvalue weighted by molar-refractivity contribution is 0.114. The van der Waals surface area contributed by atoms with Crippen molar-refractivity contribution >= 4 is 51.7 Å². The second kappa shape index (κ2) is 10.0. The molecule has 0 aliphatic carbocycles. The Morgan fingerprint density at radius 3 is 2.54 bits per heavy atom. The first-order valence-electron chi connectivity index (χ1n) is 13.7. The molecule has 2 saturated heterocycles. The number of anilines is 4. The van der Waals surface area contributed by atoms with E-state index in [1.165, 1.54) is 4.90 Å². The maximum absolute atomic E-state index is 16.7. The van der Waals surface area contributed by atoms with Crippen LogP contribution in [0.25, 0.3) is 10.9 Å². The van der Waals surface area contributed by atoms with E-state index in [4.69, 9.17) is 21.6 Å². The molecular weight excluding hydrogens is 551 g/mol. The summed E-state index contributed by atoms with van der Waals surface area (Å²) >= 11 is 6.82. The molecule has 2 unspecified atom stereocenters. The standard InChI is InChI=1S/C28H34ClFN8O3/c1-14-6-7-21(39)19-9-31-38(24(14)19)25-20(29)8-18-23(22(25)30)32-27(35-12-17(13-35)34(4)5)33-26(18)36-10-16(3)37(28(40)41)11-15(36)2/h6-8,15-17,31,39H,9-13H2,1-5H3,(H,40,41). The van der Waals surface area contributed by atoms with E-state index in [9.17, 15) is 15.0 Å². The van der Waals surface area contributed by atoms with Gasteiger partial charge >= 0.3 is 6.09 Å². The number of likely N-dealkylation sites (N-methyl/N-ethyl adjacent to an activating group) is 1. The summed E-state index contributed by atoms with van der Waals surface area (Å²) < 4.78 is 16.7. The van der Waals surface area contributed by atoms with Gasteiger partial charge in [-0.05, 0) is 52.6 Å². The lowest BCUT2D eigenvalue weighted by Crippen LogP contribution is -2.59. The number of hydrogen-bond donors (Lipinski definition) is 3. The molecule has 218 valence electrons. The highest BCUT2D eigenvalue weighted by Gasteiger charge is 2.37. The summed E-state index contributed by atoms with van der Waals surface area (Å²) in [5.74, 6) is 0.470. The summed E-state index contributed by atoms with van der Waals surface area (Å²) in [5.41, 5.74) is 5.60. The van der Waals surface area contributed by atoms with Gasteiger partial charge in [-0.3, -0.25) is 5.01 Å². The van der Waals surface area contributed by atoms with E-state index < -0.39 is 11.9 Å². The zero-order valence-corrected chi connectivity index (χ0v) is 24.4. The molecule has 0 saturated carbocycles. The normalized spacial score (nSPS) is 21.2. The van der Waals surface area contributed by atoms with Crippen molar-refractivity contribution in [3.63, 3.8) is 0 Å². The number of amides is 1. The molecule has 11 nitrogen and oxygen atoms in total. The molecule has 3 aromatic rings. The maximum Gasteiger partial charge on any atom is 0.407 e. The number of rotatable bonds is 4. The lowest BCUT2D eigenvalue weighted by Gasteiger charge is -2.45. The summed E-state index contributed by atoms with van der Waals surface area (Å²) in [6.45, 7) is 8.10. The highest BCUT2D eigenvalue weighted by atomic mass is 35.5. The number of phenolic OH excluding ortho intramolecular Hbond substituents is 1. The Labute approximate surface area is 242 Å². The molecule has 0 spiro atoms. The number of carbonyl (C=O) groups is 1. The fourth-order valence-corrected chi connectivity index (χ4v) is 6.29. The molecule has 4 heterocycles. The van der Waals surface area contributed by atoms with Gasteiger partial charge in [0.1, 0.15) is 22.8 Å². The van der Waals surface area contributed by atoms with Gasteiger partial charge < -0.3 is 29.8 Å². The van der Waals surface area contributed by atoms with E-state index >= 15 is 4.39 Å². The molecule has 2 aromatic carbocycles. The van der Waals surface area contributed by atoms with Crippen molar-refractivity contribution in [3.05, 3.63) is 40.2 Å². The van der Waals surface area contributed by atoms with E-state index in [2.05, 4.69) is 10.3 Å². The third-order valence-electron chi connectivity index (χ3n) is 8.53. The number of aryl methyl sites for hydroxylation is 1. The average molecular weight is 585 g/mol. The van der Waals surface area contributed by atoms with Gasteiger partial charge in [0.25, 0.3) is 0 Å². The SMILES string of the molecule is Cc1ccc(O)c2c1N(c1c(Cl)cc3c(N4CC(C)N(C(=O)O)CC4C)nc(N4CC(N(C)C)C4)nc3c1F)NC2. The average Bonchev–Trinajstić information content (AvgIpc) is 3.32. The molecule has 13 heteroatoms. The number of piperazine rings is 1. The Balaban J connectivity index is 1.50. The quantitative estimate of drug-likeness (QED) is 0.417. The van der Waals surface area contributed by atoms with Crippen molar-refractivity contribution in [2.45, 2.75) is 45.4 Å². The number of fused-ring (bicyclic) bond motifs is 2. The van der Waals surface area contributed by atoms with Gasteiger partial charge in [0, 0.05) is 61.8 Å². The van der Waals surface area contributed by atoms with Gasteiger partial charge in [-0.1, -0.05) is 17.7 Å². The number of nitrogens with zero attached hydrogens (tertiary/aromatic N) is 7. The molecule has 0 radical (unpaired) electrons. The number of halogens is 2. The van der Waals surface area contributed by atoms with Gasteiger partial charge in [-0.2, -0.15) is 4.98 Å². The molecule has 0 bridgehead atoms. The van der Waals surface area contributed by atoms with E-state index in [-0.39, 0.29) is 40.6 Å². The van der Waals surface area contributed by atoms with Gasteiger partial charge in [-0.25, -0.2) is 19.6 Å². The first-order valence-corrected chi connectivity index (χ1v) is 14.1. The van der Waals surface area contributed by atoms with Crippen LogP contribution in [0.5, 0.6) is 5.75 Å². The first kappa shape index (κ1) is 27.6. The predicted octanol–water partition coefficient (Wildman–Crippen LogP) is 3.92. The monoisotopic (exact) mass is 584 g/mol. The minimum Gasteiger partial charge on any atom is -0.508 e. The van der Waals surface area contributed by atoms with Crippen LogP contribution in [0.1, 0.15) is 25.0 Å². The minimum absolute atomic E-state index is 0.120. The fourth-order valence-electron chi connectivity index (χ4n) is 6.01. The van der Waals surface area contributed by atoms with Crippen LogP contribution >= 0.6 is 11.6 Å². The van der Waals surface area contributed by atoms with E-state index in [0.717, 1.165) is 5.56 Å². The third-order valence-corrected chi connectivity index (χ3v) is 8.81. The maximum atomic E-state index is 16.7. The summed E-state index contributed by atoms with van der Waals surface area (Å²) in [5, 5.41) is 22.3. The molecule has 41 heavy (non-hydrogen) atoms. The van der Waals surface area contributed by atoms with Crippen LogP contribution in [0.4, 0.5) is 32.3 Å². The second-order valence-corrected chi connectivity index (χ2v) is 11.9. The molecule has 3 aliphatic rings. The van der Waals surface area contributed by atoms with Crippen molar-refractivity contribution in [2.75, 3.05) is 55.1 Å². The second-order valence-electron chi connectivity index (χ2n) is 11.5. The van der Waals surface area contributed by atoms with Crippen molar-refractivity contribution in [2.24, 2.45) is 0 Å². The topological polar surface area (TPSA) is 112 Å². The van der Waals surface area contributed by atoms with Crippen molar-refractivity contribution < 1.29 is 19.4 Å². The third kappa shape index (κ3) is 4.45. The van der Waals surface area contributed by atoms with Crippen LogP contribution < -0.4 is 20.2 Å². The van der Waals surface area contributed by atoms with E-state index in [0.29, 0.717) is 60.6 Å². The van der Waals surface area contributed by atoms with Crippen LogP contribution in [-0.2, 0) is 6.54 Å². The molecule has 1 amide bonds. The molecule has 3 N–H and O–H groups in total. The first-order chi connectivity index (χ1) is 19.5. The molecule has 2 fully saturated rings. The van der Waals surface area contributed by atoms with Crippen LogP contribution in [-0.4, -0.2) is 94.5 Å². The smallest absolute Gasteiger partial charge is 0.407 e. The van der Waals surface area contributed by atoms with Crippen LogP contribution in [0, 0.1) is 12.7 Å². The number of benzene rings is 2. The number of hydrazine groups is 1. The van der Waals surface area contributed by atoms with Gasteiger partial charge in [0.2, 0.25) is 5.95 Å². The number of carboxylic acid groups (broad SMARTS) is 1. The predicted molar refractivity (Wildman–Crippen MR) is 157 cm³/mol. The summed E-state index contributed by atoms with van der Waals surface area (Å²) in [7, 11) is 4.04.